The Morgan fingerprint density at radius 2 is 1.79 bits per heavy atom. The van der Waals surface area contributed by atoms with Crippen LogP contribution in [0.3, 0.4) is 0 Å². The van der Waals surface area contributed by atoms with Crippen LogP contribution in [0.25, 0.3) is 11.3 Å². The minimum absolute atomic E-state index is 0.356. The number of carbonyl (C=O) groups excluding carboxylic acids is 1. The van der Waals surface area contributed by atoms with Gasteiger partial charge >= 0.3 is 6.03 Å². The molecule has 3 rings (SSSR count). The third kappa shape index (κ3) is 3.88. The lowest BCUT2D eigenvalue weighted by atomic mass is 10.2. The summed E-state index contributed by atoms with van der Waals surface area (Å²) in [6, 6.07) is 12.6. The van der Waals surface area contributed by atoms with E-state index < -0.39 is 6.03 Å². The summed E-state index contributed by atoms with van der Waals surface area (Å²) in [7, 11) is 1.61. The van der Waals surface area contributed by atoms with Gasteiger partial charge in [0.05, 0.1) is 12.8 Å². The first-order valence-corrected chi connectivity index (χ1v) is 7.95. The Hall–Kier alpha value is -2.93. The third-order valence-electron chi connectivity index (χ3n) is 3.21. The second kappa shape index (κ2) is 7.10. The molecule has 0 unspecified atom stereocenters. The van der Waals surface area contributed by atoms with E-state index in [0.717, 1.165) is 17.0 Å². The van der Waals surface area contributed by atoms with Gasteiger partial charge in [0, 0.05) is 16.6 Å². The van der Waals surface area contributed by atoms with Gasteiger partial charge in [-0.05, 0) is 48.5 Å². The maximum absolute atomic E-state index is 12.8. The molecule has 1 heterocycles. The van der Waals surface area contributed by atoms with Crippen molar-refractivity contribution in [1.29, 1.82) is 0 Å². The van der Waals surface area contributed by atoms with Crippen LogP contribution >= 0.6 is 11.3 Å². The van der Waals surface area contributed by atoms with E-state index in [-0.39, 0.29) is 5.82 Å². The number of anilines is 2. The van der Waals surface area contributed by atoms with Gasteiger partial charge in [-0.25, -0.2) is 14.2 Å². The fourth-order valence-electron chi connectivity index (χ4n) is 2.02. The van der Waals surface area contributed by atoms with Crippen LogP contribution < -0.4 is 15.4 Å². The number of carbonyl (C=O) groups is 1. The number of hydrogen-bond donors (Lipinski definition) is 2. The standard InChI is InChI=1S/C17H14FN3O2S/c1-23-14-8-2-11(3-9-14)15-10-24-17(20-15)21-16(22)19-13-6-4-12(18)5-7-13/h2-10H,1H3,(H2,19,20,21,22). The molecule has 2 aromatic carbocycles. The van der Waals surface area contributed by atoms with Crippen molar-refractivity contribution in [2.24, 2.45) is 0 Å². The normalized spacial score (nSPS) is 10.2. The van der Waals surface area contributed by atoms with Gasteiger partial charge in [0.1, 0.15) is 11.6 Å². The molecule has 2 amide bonds. The molecule has 1 aromatic heterocycles. The number of hydrogen-bond acceptors (Lipinski definition) is 4. The maximum atomic E-state index is 12.8. The number of rotatable bonds is 4. The summed E-state index contributed by atoms with van der Waals surface area (Å²) in [6.07, 6.45) is 0. The lowest BCUT2D eigenvalue weighted by Crippen LogP contribution is -2.19. The lowest BCUT2D eigenvalue weighted by molar-refractivity contribution is 0.262. The number of benzene rings is 2. The number of methoxy groups -OCH3 is 1. The molecule has 0 saturated carbocycles. The van der Waals surface area contributed by atoms with Crippen molar-refractivity contribution in [3.05, 3.63) is 59.7 Å². The number of aromatic nitrogens is 1. The van der Waals surface area contributed by atoms with Crippen molar-refractivity contribution < 1.29 is 13.9 Å². The van der Waals surface area contributed by atoms with Crippen molar-refractivity contribution in [3.63, 3.8) is 0 Å². The third-order valence-corrected chi connectivity index (χ3v) is 3.97. The van der Waals surface area contributed by atoms with Gasteiger partial charge in [-0.15, -0.1) is 11.3 Å². The summed E-state index contributed by atoms with van der Waals surface area (Å²) in [5.41, 5.74) is 2.19. The first-order valence-electron chi connectivity index (χ1n) is 7.07. The Bertz CT molecular complexity index is 832. The predicted octanol–water partition coefficient (Wildman–Crippen LogP) is 4.60. The van der Waals surface area contributed by atoms with Crippen LogP contribution in [0.4, 0.5) is 20.0 Å². The zero-order valence-electron chi connectivity index (χ0n) is 12.7. The fourth-order valence-corrected chi connectivity index (χ4v) is 2.73. The van der Waals surface area contributed by atoms with E-state index in [1.165, 1.54) is 35.6 Å². The van der Waals surface area contributed by atoms with Crippen molar-refractivity contribution in [2.45, 2.75) is 0 Å². The molecule has 3 aromatic rings. The second-order valence-electron chi connectivity index (χ2n) is 4.85. The highest BCUT2D eigenvalue weighted by Gasteiger charge is 2.08. The van der Waals surface area contributed by atoms with Gasteiger partial charge in [-0.3, -0.25) is 5.32 Å². The molecule has 24 heavy (non-hydrogen) atoms. The Labute approximate surface area is 142 Å². The van der Waals surface area contributed by atoms with Gasteiger partial charge < -0.3 is 10.1 Å². The summed E-state index contributed by atoms with van der Waals surface area (Å²) in [5.74, 6) is 0.413. The quantitative estimate of drug-likeness (QED) is 0.727. The van der Waals surface area contributed by atoms with Crippen molar-refractivity contribution in [3.8, 4) is 17.0 Å². The first-order chi connectivity index (χ1) is 11.6. The number of halogens is 1. The maximum Gasteiger partial charge on any atom is 0.325 e. The Balaban J connectivity index is 1.64. The Morgan fingerprint density at radius 1 is 1.08 bits per heavy atom. The number of nitrogens with zero attached hydrogens (tertiary/aromatic N) is 1. The molecule has 122 valence electrons. The summed E-state index contributed by atoms with van der Waals surface area (Å²) in [6.45, 7) is 0. The highest BCUT2D eigenvalue weighted by atomic mass is 32.1. The van der Waals surface area contributed by atoms with Crippen LogP contribution in [-0.2, 0) is 0 Å². The summed E-state index contributed by atoms with van der Waals surface area (Å²) in [4.78, 5) is 16.3. The molecule has 0 aliphatic heterocycles. The lowest BCUT2D eigenvalue weighted by Gasteiger charge is -2.05. The number of ether oxygens (including phenoxy) is 1. The van der Waals surface area contributed by atoms with E-state index in [0.29, 0.717) is 10.8 Å². The van der Waals surface area contributed by atoms with Gasteiger partial charge in [0.25, 0.3) is 0 Å². The molecule has 0 atom stereocenters. The molecule has 0 spiro atoms. The molecule has 2 N–H and O–H groups in total. The van der Waals surface area contributed by atoms with Crippen LogP contribution in [0.1, 0.15) is 0 Å². The Morgan fingerprint density at radius 3 is 2.46 bits per heavy atom. The zero-order chi connectivity index (χ0) is 16.9. The van der Waals surface area contributed by atoms with Crippen LogP contribution in [0.15, 0.2) is 53.9 Å². The van der Waals surface area contributed by atoms with Crippen LogP contribution in [0, 0.1) is 5.82 Å². The van der Waals surface area contributed by atoms with Crippen LogP contribution in [0.2, 0.25) is 0 Å². The van der Waals surface area contributed by atoms with Gasteiger partial charge in [0.15, 0.2) is 5.13 Å². The minimum Gasteiger partial charge on any atom is -0.497 e. The summed E-state index contributed by atoms with van der Waals surface area (Å²) in [5, 5.41) is 7.60. The number of amides is 2. The largest absolute Gasteiger partial charge is 0.497 e. The van der Waals surface area contributed by atoms with E-state index in [1.54, 1.807) is 7.11 Å². The minimum atomic E-state index is -0.433. The summed E-state index contributed by atoms with van der Waals surface area (Å²) < 4.78 is 18.0. The highest BCUT2D eigenvalue weighted by molar-refractivity contribution is 7.14. The number of thiazole rings is 1. The molecule has 0 radical (unpaired) electrons. The van der Waals surface area contributed by atoms with E-state index in [1.807, 2.05) is 29.6 Å². The van der Waals surface area contributed by atoms with Gasteiger partial charge in [-0.1, -0.05) is 0 Å². The monoisotopic (exact) mass is 343 g/mol. The van der Waals surface area contributed by atoms with E-state index >= 15 is 0 Å². The first kappa shape index (κ1) is 15.9. The predicted molar refractivity (Wildman–Crippen MR) is 93.1 cm³/mol. The smallest absolute Gasteiger partial charge is 0.325 e. The number of nitrogens with one attached hydrogen (secondary N) is 2. The van der Waals surface area contributed by atoms with Crippen LogP contribution in [0.5, 0.6) is 5.75 Å². The topological polar surface area (TPSA) is 63.2 Å². The molecule has 0 aliphatic carbocycles. The average Bonchev–Trinajstić information content (AvgIpc) is 3.05. The van der Waals surface area contributed by atoms with Crippen LogP contribution in [-0.4, -0.2) is 18.1 Å². The number of urea groups is 1. The van der Waals surface area contributed by atoms with E-state index in [2.05, 4.69) is 15.6 Å². The Kier molecular flexibility index (Phi) is 4.72. The molecule has 0 bridgehead atoms. The van der Waals surface area contributed by atoms with Gasteiger partial charge in [0.2, 0.25) is 0 Å². The zero-order valence-corrected chi connectivity index (χ0v) is 13.6. The fraction of sp³-hybridized carbons (Fsp3) is 0.0588. The molecule has 0 saturated heterocycles. The average molecular weight is 343 g/mol. The van der Waals surface area contributed by atoms with Crippen molar-refractivity contribution in [1.82, 2.24) is 4.98 Å². The molecule has 7 heteroatoms. The molecule has 0 fully saturated rings. The van der Waals surface area contributed by atoms with Crippen molar-refractivity contribution in [2.75, 3.05) is 17.7 Å². The van der Waals surface area contributed by atoms with Crippen molar-refractivity contribution >= 4 is 28.2 Å². The highest BCUT2D eigenvalue weighted by Crippen LogP contribution is 2.26. The molecular formula is C17H14FN3O2S. The summed E-state index contributed by atoms with van der Waals surface area (Å²) >= 11 is 1.32. The van der Waals surface area contributed by atoms with E-state index in [4.69, 9.17) is 4.74 Å². The second-order valence-corrected chi connectivity index (χ2v) is 5.71. The molecular weight excluding hydrogens is 329 g/mol. The molecule has 5 nitrogen and oxygen atoms in total. The van der Waals surface area contributed by atoms with E-state index in [9.17, 15) is 9.18 Å². The van der Waals surface area contributed by atoms with Gasteiger partial charge in [-0.2, -0.15) is 0 Å². The molecule has 0 aliphatic rings. The SMILES string of the molecule is COc1ccc(-c2csc(NC(=O)Nc3ccc(F)cc3)n2)cc1.